The van der Waals surface area contributed by atoms with Crippen LogP contribution in [0.4, 0.5) is 4.39 Å². The zero-order valence-corrected chi connectivity index (χ0v) is 15.0. The van der Waals surface area contributed by atoms with Gasteiger partial charge in [0.15, 0.2) is 5.69 Å². The molecule has 0 unspecified atom stereocenters. The number of piperazine rings is 1. The molecule has 2 heterocycles. The third-order valence-electron chi connectivity index (χ3n) is 4.68. The van der Waals surface area contributed by atoms with Crippen LogP contribution in [-0.4, -0.2) is 62.8 Å². The molecular weight excluding hydrogens is 361 g/mol. The summed E-state index contributed by atoms with van der Waals surface area (Å²) in [5.41, 5.74) is 1.53. The Hall–Kier alpha value is -3.55. The van der Waals surface area contributed by atoms with Gasteiger partial charge in [0, 0.05) is 31.7 Å². The second kappa shape index (κ2) is 7.59. The highest BCUT2D eigenvalue weighted by atomic mass is 19.1. The van der Waals surface area contributed by atoms with Gasteiger partial charge in [-0.05, 0) is 36.4 Å². The molecule has 0 saturated carbocycles. The Bertz CT molecular complexity index is 979. The first kappa shape index (κ1) is 17.8. The number of benzene rings is 2. The minimum absolute atomic E-state index is 0.165. The predicted molar refractivity (Wildman–Crippen MR) is 99.6 cm³/mol. The molecular formula is C20H18FN5O2. The molecule has 2 aromatic carbocycles. The van der Waals surface area contributed by atoms with E-state index >= 15 is 0 Å². The van der Waals surface area contributed by atoms with Gasteiger partial charge in [0.25, 0.3) is 11.8 Å². The van der Waals surface area contributed by atoms with Gasteiger partial charge < -0.3 is 9.80 Å². The van der Waals surface area contributed by atoms with Crippen LogP contribution in [0.15, 0.2) is 60.8 Å². The van der Waals surface area contributed by atoms with Crippen molar-refractivity contribution in [3.8, 4) is 5.69 Å². The Morgan fingerprint density at radius 3 is 2.07 bits per heavy atom. The van der Waals surface area contributed by atoms with E-state index < -0.39 is 0 Å². The summed E-state index contributed by atoms with van der Waals surface area (Å²) in [5.74, 6) is -0.756. The van der Waals surface area contributed by atoms with E-state index in [1.165, 1.54) is 24.3 Å². The van der Waals surface area contributed by atoms with Crippen LogP contribution in [0.25, 0.3) is 5.69 Å². The lowest BCUT2D eigenvalue weighted by molar-refractivity contribution is 0.0532. The molecule has 0 spiro atoms. The third kappa shape index (κ3) is 3.62. The Kier molecular flexibility index (Phi) is 4.84. The van der Waals surface area contributed by atoms with Crippen LogP contribution in [0.2, 0.25) is 0 Å². The summed E-state index contributed by atoms with van der Waals surface area (Å²) in [6, 6.07) is 14.9. The van der Waals surface area contributed by atoms with Gasteiger partial charge in [-0.25, -0.2) is 9.07 Å². The molecule has 1 aliphatic rings. The maximum Gasteiger partial charge on any atom is 0.276 e. The number of aromatic nitrogens is 3. The molecule has 2 amide bonds. The fourth-order valence-electron chi connectivity index (χ4n) is 3.12. The molecule has 1 aliphatic heterocycles. The second-order valence-corrected chi connectivity index (χ2v) is 6.48. The lowest BCUT2D eigenvalue weighted by atomic mass is 10.1. The molecule has 1 aromatic heterocycles. The first-order valence-electron chi connectivity index (χ1n) is 8.94. The van der Waals surface area contributed by atoms with E-state index in [1.807, 2.05) is 30.3 Å². The van der Waals surface area contributed by atoms with E-state index in [1.54, 1.807) is 20.7 Å². The zero-order valence-electron chi connectivity index (χ0n) is 15.0. The molecule has 1 fully saturated rings. The average Bonchev–Trinajstić information content (AvgIpc) is 3.24. The minimum atomic E-state index is -0.379. The standard InChI is InChI=1S/C20H18FN5O2/c21-16-8-6-15(7-9-16)19(27)24-10-12-25(13-11-24)20(28)18-14-26(23-22-18)17-4-2-1-3-5-17/h1-9,14H,10-13H2. The van der Waals surface area contributed by atoms with Crippen molar-refractivity contribution < 1.29 is 14.0 Å². The van der Waals surface area contributed by atoms with Crippen molar-refractivity contribution in [1.82, 2.24) is 24.8 Å². The first-order chi connectivity index (χ1) is 13.6. The number of para-hydroxylation sites is 1. The minimum Gasteiger partial charge on any atom is -0.335 e. The van der Waals surface area contributed by atoms with Crippen molar-refractivity contribution in [1.29, 1.82) is 0 Å². The summed E-state index contributed by atoms with van der Waals surface area (Å²) >= 11 is 0. The lowest BCUT2D eigenvalue weighted by Crippen LogP contribution is -2.50. The second-order valence-electron chi connectivity index (χ2n) is 6.48. The van der Waals surface area contributed by atoms with Gasteiger partial charge in [-0.15, -0.1) is 5.10 Å². The molecule has 1 saturated heterocycles. The van der Waals surface area contributed by atoms with Crippen molar-refractivity contribution in [3.05, 3.63) is 77.9 Å². The highest BCUT2D eigenvalue weighted by Gasteiger charge is 2.27. The molecule has 7 nitrogen and oxygen atoms in total. The van der Waals surface area contributed by atoms with Crippen molar-refractivity contribution in [2.45, 2.75) is 0 Å². The number of nitrogens with zero attached hydrogens (tertiary/aromatic N) is 5. The summed E-state index contributed by atoms with van der Waals surface area (Å²) < 4.78 is 14.6. The van der Waals surface area contributed by atoms with Gasteiger partial charge in [0.2, 0.25) is 0 Å². The van der Waals surface area contributed by atoms with E-state index in [9.17, 15) is 14.0 Å². The predicted octanol–water partition coefficient (Wildman–Crippen LogP) is 2.00. The Morgan fingerprint density at radius 1 is 0.821 bits per heavy atom. The highest BCUT2D eigenvalue weighted by molar-refractivity contribution is 5.95. The fourth-order valence-corrected chi connectivity index (χ4v) is 3.12. The van der Waals surface area contributed by atoms with Crippen molar-refractivity contribution in [2.24, 2.45) is 0 Å². The Balaban J connectivity index is 1.38. The number of hydrogen-bond donors (Lipinski definition) is 0. The van der Waals surface area contributed by atoms with Crippen LogP contribution < -0.4 is 0 Å². The van der Waals surface area contributed by atoms with Gasteiger partial charge in [-0.1, -0.05) is 23.4 Å². The number of hydrogen-bond acceptors (Lipinski definition) is 4. The number of carbonyl (C=O) groups excluding carboxylic acids is 2. The Morgan fingerprint density at radius 2 is 1.43 bits per heavy atom. The molecule has 4 rings (SSSR count). The van der Waals surface area contributed by atoms with E-state index in [4.69, 9.17) is 0 Å². The normalized spacial score (nSPS) is 14.2. The number of carbonyl (C=O) groups is 2. The van der Waals surface area contributed by atoms with Gasteiger partial charge in [0.05, 0.1) is 11.9 Å². The third-order valence-corrected chi connectivity index (χ3v) is 4.68. The summed E-state index contributed by atoms with van der Waals surface area (Å²) in [4.78, 5) is 28.5. The molecule has 0 N–H and O–H groups in total. The summed E-state index contributed by atoms with van der Waals surface area (Å²) in [7, 11) is 0. The van der Waals surface area contributed by atoms with Gasteiger partial charge in [-0.3, -0.25) is 9.59 Å². The zero-order chi connectivity index (χ0) is 19.5. The number of amides is 2. The molecule has 0 aliphatic carbocycles. The van der Waals surface area contributed by atoms with Gasteiger partial charge in [-0.2, -0.15) is 0 Å². The smallest absolute Gasteiger partial charge is 0.276 e. The summed E-state index contributed by atoms with van der Waals surface area (Å²) in [6.45, 7) is 1.64. The van der Waals surface area contributed by atoms with Crippen LogP contribution in [0.1, 0.15) is 20.8 Å². The summed E-state index contributed by atoms with van der Waals surface area (Å²) in [6.07, 6.45) is 1.60. The van der Waals surface area contributed by atoms with Crippen molar-refractivity contribution in [3.63, 3.8) is 0 Å². The topological polar surface area (TPSA) is 71.3 Å². The van der Waals surface area contributed by atoms with E-state index in [0.717, 1.165) is 5.69 Å². The molecule has 0 radical (unpaired) electrons. The maximum absolute atomic E-state index is 13.0. The van der Waals surface area contributed by atoms with Gasteiger partial charge in [0.1, 0.15) is 5.82 Å². The average molecular weight is 379 g/mol. The fraction of sp³-hybridized carbons (Fsp3) is 0.200. The van der Waals surface area contributed by atoms with Crippen LogP contribution in [0, 0.1) is 5.82 Å². The Labute approximate surface area is 161 Å². The van der Waals surface area contributed by atoms with Crippen molar-refractivity contribution in [2.75, 3.05) is 26.2 Å². The van der Waals surface area contributed by atoms with Crippen LogP contribution in [0.3, 0.4) is 0 Å². The van der Waals surface area contributed by atoms with E-state index in [-0.39, 0.29) is 23.3 Å². The molecule has 142 valence electrons. The highest BCUT2D eigenvalue weighted by Crippen LogP contribution is 2.13. The van der Waals surface area contributed by atoms with E-state index in [0.29, 0.717) is 31.7 Å². The maximum atomic E-state index is 13.0. The number of halogens is 1. The van der Waals surface area contributed by atoms with Gasteiger partial charge >= 0.3 is 0 Å². The summed E-state index contributed by atoms with van der Waals surface area (Å²) in [5, 5.41) is 8.00. The quantitative estimate of drug-likeness (QED) is 0.698. The van der Waals surface area contributed by atoms with Crippen molar-refractivity contribution >= 4 is 11.8 Å². The van der Waals surface area contributed by atoms with E-state index in [2.05, 4.69) is 10.3 Å². The molecule has 0 bridgehead atoms. The monoisotopic (exact) mass is 379 g/mol. The molecule has 3 aromatic rings. The van der Waals surface area contributed by atoms with Crippen LogP contribution >= 0.6 is 0 Å². The lowest BCUT2D eigenvalue weighted by Gasteiger charge is -2.34. The SMILES string of the molecule is O=C(c1ccc(F)cc1)N1CCN(C(=O)c2cn(-c3ccccc3)nn2)CC1. The number of rotatable bonds is 3. The van der Waals surface area contributed by atoms with Crippen LogP contribution in [0.5, 0.6) is 0 Å². The molecule has 8 heteroatoms. The molecule has 28 heavy (non-hydrogen) atoms. The largest absolute Gasteiger partial charge is 0.335 e. The van der Waals surface area contributed by atoms with Crippen LogP contribution in [-0.2, 0) is 0 Å². The molecule has 0 atom stereocenters. The first-order valence-corrected chi connectivity index (χ1v) is 8.94.